The van der Waals surface area contributed by atoms with Gasteiger partial charge < -0.3 is 18.9 Å². The van der Waals surface area contributed by atoms with Crippen molar-refractivity contribution >= 4 is 17.5 Å². The predicted molar refractivity (Wildman–Crippen MR) is 112 cm³/mol. The summed E-state index contributed by atoms with van der Waals surface area (Å²) in [6.07, 6.45) is 2.69. The number of amides is 1. The zero-order chi connectivity index (χ0) is 20.9. The predicted octanol–water partition coefficient (Wildman–Crippen LogP) is 4.53. The molecule has 156 valence electrons. The maximum Gasteiger partial charge on any atom is 0.261 e. The normalized spacial score (nSPS) is 16.3. The van der Waals surface area contributed by atoms with Crippen molar-refractivity contribution in [3.05, 3.63) is 59.4 Å². The molecule has 0 saturated carbocycles. The summed E-state index contributed by atoms with van der Waals surface area (Å²) in [5, 5.41) is 4.67. The molecule has 0 aliphatic carbocycles. The van der Waals surface area contributed by atoms with Crippen molar-refractivity contribution in [2.75, 3.05) is 20.3 Å². The molecule has 1 aromatic heterocycles. The van der Waals surface area contributed by atoms with Gasteiger partial charge in [0.05, 0.1) is 7.11 Å². The Hall–Kier alpha value is -3.06. The Bertz CT molecular complexity index is 1010. The van der Waals surface area contributed by atoms with E-state index in [0.29, 0.717) is 29.0 Å². The molecule has 1 saturated heterocycles. The fourth-order valence-electron chi connectivity index (χ4n) is 3.50. The maximum absolute atomic E-state index is 12.9. The van der Waals surface area contributed by atoms with Gasteiger partial charge >= 0.3 is 0 Å². The molecule has 0 unspecified atom stereocenters. The SMILES string of the molecule is COc1ccc(-c2noc([C@H]3CCCCN3C(=O)COc3cccc(Cl)c3)n2)cc1. The Morgan fingerprint density at radius 2 is 2.03 bits per heavy atom. The lowest BCUT2D eigenvalue weighted by Gasteiger charge is -2.33. The van der Waals surface area contributed by atoms with Crippen LogP contribution in [0, 0.1) is 0 Å². The van der Waals surface area contributed by atoms with Crippen LogP contribution in [-0.2, 0) is 4.79 Å². The zero-order valence-corrected chi connectivity index (χ0v) is 17.3. The number of halogens is 1. The summed E-state index contributed by atoms with van der Waals surface area (Å²) < 4.78 is 16.3. The van der Waals surface area contributed by atoms with Crippen LogP contribution in [0.4, 0.5) is 0 Å². The number of methoxy groups -OCH3 is 1. The third-order valence-electron chi connectivity index (χ3n) is 5.06. The Kier molecular flexibility index (Phi) is 6.18. The van der Waals surface area contributed by atoms with E-state index in [1.807, 2.05) is 24.3 Å². The Morgan fingerprint density at radius 3 is 2.80 bits per heavy atom. The van der Waals surface area contributed by atoms with Crippen molar-refractivity contribution in [3.63, 3.8) is 0 Å². The number of likely N-dealkylation sites (tertiary alicyclic amines) is 1. The molecule has 7 nitrogen and oxygen atoms in total. The largest absolute Gasteiger partial charge is 0.497 e. The average molecular weight is 428 g/mol. The van der Waals surface area contributed by atoms with Gasteiger partial charge in [0.1, 0.15) is 17.5 Å². The lowest BCUT2D eigenvalue weighted by Crippen LogP contribution is -2.41. The third-order valence-corrected chi connectivity index (χ3v) is 5.29. The van der Waals surface area contributed by atoms with Crippen LogP contribution in [-0.4, -0.2) is 41.2 Å². The van der Waals surface area contributed by atoms with Crippen molar-refractivity contribution in [2.45, 2.75) is 25.3 Å². The molecule has 1 aliphatic rings. The van der Waals surface area contributed by atoms with Gasteiger partial charge in [-0.3, -0.25) is 4.79 Å². The lowest BCUT2D eigenvalue weighted by atomic mass is 10.0. The molecule has 1 atom stereocenters. The standard InChI is InChI=1S/C22H22ClN3O4/c1-28-17-10-8-15(9-11-17)21-24-22(30-25-21)19-7-2-3-12-26(19)20(27)14-29-18-6-4-5-16(23)13-18/h4-6,8-11,13,19H,2-3,7,12,14H2,1H3/t19-/m1/s1. The van der Waals surface area contributed by atoms with Crippen LogP contribution >= 0.6 is 11.6 Å². The number of piperidine rings is 1. The summed E-state index contributed by atoms with van der Waals surface area (Å²) >= 11 is 5.97. The van der Waals surface area contributed by atoms with Crippen LogP contribution < -0.4 is 9.47 Å². The van der Waals surface area contributed by atoms with E-state index in [1.54, 1.807) is 36.3 Å². The molecular formula is C22H22ClN3O4. The molecule has 30 heavy (non-hydrogen) atoms. The first-order valence-corrected chi connectivity index (χ1v) is 10.2. The Balaban J connectivity index is 1.46. The quantitative estimate of drug-likeness (QED) is 0.575. The monoisotopic (exact) mass is 427 g/mol. The van der Waals surface area contributed by atoms with Gasteiger partial charge in [0.25, 0.3) is 5.91 Å². The summed E-state index contributed by atoms with van der Waals surface area (Å²) in [6, 6.07) is 14.2. The van der Waals surface area contributed by atoms with Gasteiger partial charge in [-0.25, -0.2) is 0 Å². The molecule has 4 rings (SSSR count). The van der Waals surface area contributed by atoms with E-state index < -0.39 is 0 Å². The number of rotatable bonds is 6. The fourth-order valence-corrected chi connectivity index (χ4v) is 3.68. The van der Waals surface area contributed by atoms with Gasteiger partial charge in [-0.1, -0.05) is 22.8 Å². The second-order valence-corrected chi connectivity index (χ2v) is 7.47. The molecule has 3 aromatic rings. The van der Waals surface area contributed by atoms with E-state index in [4.69, 9.17) is 25.6 Å². The number of aromatic nitrogens is 2. The molecule has 1 amide bonds. The molecule has 8 heteroatoms. The fraction of sp³-hybridized carbons (Fsp3) is 0.318. The summed E-state index contributed by atoms with van der Waals surface area (Å²) in [4.78, 5) is 19.2. The minimum Gasteiger partial charge on any atom is -0.497 e. The van der Waals surface area contributed by atoms with Crippen molar-refractivity contribution in [3.8, 4) is 22.9 Å². The molecule has 0 spiro atoms. The van der Waals surface area contributed by atoms with Crippen molar-refractivity contribution in [1.29, 1.82) is 0 Å². The minimum absolute atomic E-state index is 0.0731. The van der Waals surface area contributed by atoms with E-state index in [1.165, 1.54) is 0 Å². The van der Waals surface area contributed by atoms with Crippen molar-refractivity contribution < 1.29 is 18.8 Å². The number of carbonyl (C=O) groups excluding carboxylic acids is 1. The molecule has 2 aromatic carbocycles. The molecule has 1 aliphatic heterocycles. The first-order chi connectivity index (χ1) is 14.6. The van der Waals surface area contributed by atoms with Gasteiger partial charge in [0.15, 0.2) is 6.61 Å². The molecule has 0 radical (unpaired) electrons. The highest BCUT2D eigenvalue weighted by Gasteiger charge is 2.32. The van der Waals surface area contributed by atoms with E-state index in [-0.39, 0.29) is 18.6 Å². The van der Waals surface area contributed by atoms with Crippen molar-refractivity contribution in [1.82, 2.24) is 15.0 Å². The third kappa shape index (κ3) is 4.57. The minimum atomic E-state index is -0.256. The summed E-state index contributed by atoms with van der Waals surface area (Å²) in [5.41, 5.74) is 0.823. The highest BCUT2D eigenvalue weighted by Crippen LogP contribution is 2.31. The number of ether oxygens (including phenoxy) is 2. The number of hydrogen-bond donors (Lipinski definition) is 0. The summed E-state index contributed by atoms with van der Waals surface area (Å²) in [7, 11) is 1.62. The number of benzene rings is 2. The molecular weight excluding hydrogens is 406 g/mol. The Labute approximate surface area is 179 Å². The highest BCUT2D eigenvalue weighted by atomic mass is 35.5. The summed E-state index contributed by atoms with van der Waals surface area (Å²) in [5.74, 6) is 2.12. The van der Waals surface area contributed by atoms with Crippen LogP contribution in [0.15, 0.2) is 53.1 Å². The van der Waals surface area contributed by atoms with E-state index in [2.05, 4.69) is 10.1 Å². The maximum atomic E-state index is 12.9. The highest BCUT2D eigenvalue weighted by molar-refractivity contribution is 6.30. The summed E-state index contributed by atoms with van der Waals surface area (Å²) in [6.45, 7) is 0.555. The number of carbonyl (C=O) groups is 1. The van der Waals surface area contributed by atoms with Crippen molar-refractivity contribution in [2.24, 2.45) is 0 Å². The van der Waals surface area contributed by atoms with Gasteiger partial charge in [0.2, 0.25) is 11.7 Å². The smallest absolute Gasteiger partial charge is 0.261 e. The van der Waals surface area contributed by atoms with Crippen LogP contribution in [0.5, 0.6) is 11.5 Å². The second-order valence-electron chi connectivity index (χ2n) is 7.03. The van der Waals surface area contributed by atoms with Crippen LogP contribution in [0.2, 0.25) is 5.02 Å². The zero-order valence-electron chi connectivity index (χ0n) is 16.6. The topological polar surface area (TPSA) is 77.7 Å². The van der Waals surface area contributed by atoms with E-state index >= 15 is 0 Å². The first kappa shape index (κ1) is 20.2. The van der Waals surface area contributed by atoms with Gasteiger partial charge in [-0.2, -0.15) is 4.98 Å². The van der Waals surface area contributed by atoms with E-state index in [9.17, 15) is 4.79 Å². The second kappa shape index (κ2) is 9.17. The molecule has 0 N–H and O–H groups in total. The van der Waals surface area contributed by atoms with E-state index in [0.717, 1.165) is 30.6 Å². The molecule has 0 bridgehead atoms. The average Bonchev–Trinajstić information content (AvgIpc) is 3.28. The van der Waals surface area contributed by atoms with Gasteiger partial charge in [-0.15, -0.1) is 0 Å². The van der Waals surface area contributed by atoms with Crippen LogP contribution in [0.1, 0.15) is 31.2 Å². The molecule has 2 heterocycles. The van der Waals surface area contributed by atoms with Crippen LogP contribution in [0.25, 0.3) is 11.4 Å². The van der Waals surface area contributed by atoms with Gasteiger partial charge in [-0.05, 0) is 61.7 Å². The van der Waals surface area contributed by atoms with Crippen LogP contribution in [0.3, 0.4) is 0 Å². The lowest BCUT2D eigenvalue weighted by molar-refractivity contribution is -0.138. The molecule has 1 fully saturated rings. The number of nitrogens with zero attached hydrogens (tertiary/aromatic N) is 3. The number of hydrogen-bond acceptors (Lipinski definition) is 6. The first-order valence-electron chi connectivity index (χ1n) is 9.80. The Morgan fingerprint density at radius 1 is 1.20 bits per heavy atom. The van der Waals surface area contributed by atoms with Gasteiger partial charge in [0, 0.05) is 17.1 Å².